The van der Waals surface area contributed by atoms with Gasteiger partial charge < -0.3 is 0 Å². The Bertz CT molecular complexity index is 90.7. The van der Waals surface area contributed by atoms with Crippen LogP contribution in [0.3, 0.4) is 0 Å². The molecule has 6 heavy (non-hydrogen) atoms. The number of hydrogen-bond acceptors (Lipinski definition) is 4. The van der Waals surface area contributed by atoms with Gasteiger partial charge in [-0.1, -0.05) is 0 Å². The van der Waals surface area contributed by atoms with Gasteiger partial charge in [0.2, 0.25) is 0 Å². The molecule has 0 aliphatic carbocycles. The summed E-state index contributed by atoms with van der Waals surface area (Å²) in [6, 6.07) is 0. The Balaban J connectivity index is 0. The summed E-state index contributed by atoms with van der Waals surface area (Å²) >= 11 is -5.75. The first-order valence-corrected chi connectivity index (χ1v) is 2.75. The summed E-state index contributed by atoms with van der Waals surface area (Å²) in [5.74, 6) is 0. The van der Waals surface area contributed by atoms with Crippen LogP contribution in [0.15, 0.2) is 0 Å². The molecule has 0 aromatic carbocycles. The van der Waals surface area contributed by atoms with Crippen molar-refractivity contribution in [3.63, 3.8) is 0 Å². The van der Waals surface area contributed by atoms with Gasteiger partial charge in [-0.2, -0.15) is 0 Å². The monoisotopic (exact) mass is 223 g/mol. The van der Waals surface area contributed by atoms with E-state index in [1.54, 1.807) is 0 Å². The van der Waals surface area contributed by atoms with Gasteiger partial charge in [0.1, 0.15) is 0 Å². The summed E-state index contributed by atoms with van der Waals surface area (Å²) in [7, 11) is 0. The molecular formula is AgCrO4. The van der Waals surface area contributed by atoms with Gasteiger partial charge in [-0.05, 0) is 0 Å². The Morgan fingerprint density at radius 3 is 1.17 bits per heavy atom. The Hall–Kier alpha value is 0.793. The van der Waals surface area contributed by atoms with Crippen LogP contribution >= 0.6 is 0 Å². The molecule has 0 aromatic heterocycles. The molecule has 0 aromatic rings. The zero-order valence-corrected chi connectivity index (χ0v) is 5.10. The summed E-state index contributed by atoms with van der Waals surface area (Å²) in [5, 5.41) is 0. The van der Waals surface area contributed by atoms with Crippen LogP contribution in [0.2, 0.25) is 0 Å². The van der Waals surface area contributed by atoms with Crippen LogP contribution < -0.4 is 8.32 Å². The predicted molar refractivity (Wildman–Crippen MR) is 1.37 cm³/mol. The molecule has 0 saturated heterocycles. The molecule has 4 nitrogen and oxygen atoms in total. The second-order valence-corrected chi connectivity index (χ2v) is 1.68. The van der Waals surface area contributed by atoms with Crippen molar-refractivity contribution in [1.29, 1.82) is 0 Å². The van der Waals surface area contributed by atoms with Crippen molar-refractivity contribution in [1.82, 2.24) is 0 Å². The van der Waals surface area contributed by atoms with E-state index in [2.05, 4.69) is 0 Å². The van der Waals surface area contributed by atoms with E-state index in [-0.39, 0.29) is 22.4 Å². The van der Waals surface area contributed by atoms with Crippen LogP contribution in [-0.2, 0) is 43.6 Å². The normalized spacial score (nSPS) is 9.67. The fourth-order valence-corrected chi connectivity index (χ4v) is 0. The van der Waals surface area contributed by atoms with Crippen LogP contribution in [0.4, 0.5) is 0 Å². The summed E-state index contributed by atoms with van der Waals surface area (Å²) in [5.41, 5.74) is 0. The average Bonchev–Trinajstić information content (AvgIpc) is 0.722. The minimum atomic E-state index is -5.75. The fourth-order valence-electron chi connectivity index (χ4n) is 0. The fraction of sp³-hybridized carbons (Fsp3) is 0. The molecule has 0 bridgehead atoms. The SMILES string of the molecule is [Ag+2].[O]=[Cr](=[O])([O-])[O-]. The second kappa shape index (κ2) is 2.88. The van der Waals surface area contributed by atoms with E-state index >= 15 is 0 Å². The minimum absolute atomic E-state index is 0. The van der Waals surface area contributed by atoms with Crippen molar-refractivity contribution in [3.8, 4) is 0 Å². The third-order valence-corrected chi connectivity index (χ3v) is 0. The Morgan fingerprint density at radius 2 is 1.17 bits per heavy atom. The topological polar surface area (TPSA) is 80.3 Å². The third kappa shape index (κ3) is 110. The van der Waals surface area contributed by atoms with Crippen LogP contribution in [0.25, 0.3) is 0 Å². The molecular weight excluding hydrogens is 224 g/mol. The molecule has 0 rings (SSSR count). The molecule has 0 aliphatic rings. The van der Waals surface area contributed by atoms with E-state index in [9.17, 15) is 0 Å². The Morgan fingerprint density at radius 1 is 1.17 bits per heavy atom. The molecule has 0 fully saturated rings. The zero-order chi connectivity index (χ0) is 4.50. The number of hydrogen-bond donors (Lipinski definition) is 0. The van der Waals surface area contributed by atoms with Crippen molar-refractivity contribution in [2.45, 2.75) is 0 Å². The molecule has 0 aliphatic heterocycles. The average molecular weight is 224 g/mol. The van der Waals surface area contributed by atoms with Gasteiger partial charge in [-0.15, -0.1) is 0 Å². The molecule has 6 heteroatoms. The van der Waals surface area contributed by atoms with Gasteiger partial charge in [-0.3, -0.25) is 0 Å². The van der Waals surface area contributed by atoms with Gasteiger partial charge in [0.25, 0.3) is 0 Å². The van der Waals surface area contributed by atoms with Crippen LogP contribution in [0.1, 0.15) is 0 Å². The molecule has 0 amide bonds. The molecule has 1 radical (unpaired) electrons. The quantitative estimate of drug-likeness (QED) is 0.422. The van der Waals surface area contributed by atoms with Gasteiger partial charge >= 0.3 is 51.9 Å². The van der Waals surface area contributed by atoms with Crippen LogP contribution in [0.5, 0.6) is 0 Å². The van der Waals surface area contributed by atoms with Crippen molar-refractivity contribution < 1.29 is 51.9 Å². The summed E-state index contributed by atoms with van der Waals surface area (Å²) < 4.78 is 34.4. The van der Waals surface area contributed by atoms with E-state index in [0.29, 0.717) is 0 Å². The first-order chi connectivity index (χ1) is 2.00. The van der Waals surface area contributed by atoms with Crippen LogP contribution in [0, 0.1) is 0 Å². The molecule has 0 spiro atoms. The maximum atomic E-state index is 8.59. The summed E-state index contributed by atoms with van der Waals surface area (Å²) in [4.78, 5) is 0. The maximum absolute atomic E-state index is 8.59. The summed E-state index contributed by atoms with van der Waals surface area (Å²) in [6.07, 6.45) is 0. The molecule has 0 saturated carbocycles. The second-order valence-electron chi connectivity index (χ2n) is 0.408. The Labute approximate surface area is 52.1 Å². The standard InChI is InChI=1S/Ag.Cr.4O/q+2;;;;2*-1. The van der Waals surface area contributed by atoms with E-state index in [0.717, 1.165) is 0 Å². The molecule has 0 atom stereocenters. The van der Waals surface area contributed by atoms with Gasteiger partial charge in [-0.25, -0.2) is 0 Å². The van der Waals surface area contributed by atoms with Gasteiger partial charge in [0, 0.05) is 0 Å². The van der Waals surface area contributed by atoms with Crippen LogP contribution in [-0.4, -0.2) is 0 Å². The van der Waals surface area contributed by atoms with Gasteiger partial charge in [0.15, 0.2) is 0 Å². The first kappa shape index (κ1) is 9.92. The molecule has 41 valence electrons. The molecule has 0 N–H and O–H groups in total. The van der Waals surface area contributed by atoms with E-state index in [4.69, 9.17) is 15.9 Å². The van der Waals surface area contributed by atoms with E-state index in [1.165, 1.54) is 0 Å². The van der Waals surface area contributed by atoms with Crippen molar-refractivity contribution in [2.24, 2.45) is 0 Å². The van der Waals surface area contributed by atoms with Gasteiger partial charge in [0.05, 0.1) is 0 Å². The molecule has 0 heterocycles. The van der Waals surface area contributed by atoms with E-state index in [1.807, 2.05) is 0 Å². The summed E-state index contributed by atoms with van der Waals surface area (Å²) in [6.45, 7) is 0. The Kier molecular flexibility index (Phi) is 4.77. The third-order valence-electron chi connectivity index (χ3n) is 0. The van der Waals surface area contributed by atoms with Crippen molar-refractivity contribution >= 4 is 0 Å². The van der Waals surface area contributed by atoms with E-state index < -0.39 is 13.6 Å². The first-order valence-electron chi connectivity index (χ1n) is 0.667. The predicted octanol–water partition coefficient (Wildman–Crippen LogP) is -2.62. The zero-order valence-electron chi connectivity index (χ0n) is 2.34. The van der Waals surface area contributed by atoms with Crippen molar-refractivity contribution in [2.75, 3.05) is 0 Å². The van der Waals surface area contributed by atoms with Crippen molar-refractivity contribution in [3.05, 3.63) is 0 Å². The number of rotatable bonds is 0. The molecule has 0 unspecified atom stereocenters.